The van der Waals surface area contributed by atoms with Crippen LogP contribution in [0.25, 0.3) is 0 Å². The molecule has 1 amide bonds. The van der Waals surface area contributed by atoms with Crippen LogP contribution < -0.4 is 15.7 Å². The highest BCUT2D eigenvalue weighted by molar-refractivity contribution is 6.99. The normalized spacial score (nSPS) is 21.1. The van der Waals surface area contributed by atoms with Crippen molar-refractivity contribution in [3.8, 4) is 0 Å². The van der Waals surface area contributed by atoms with Crippen molar-refractivity contribution in [3.05, 3.63) is 60.7 Å². The fourth-order valence-electron chi connectivity index (χ4n) is 5.03. The quantitative estimate of drug-likeness (QED) is 0.528. The molecule has 1 fully saturated rings. The van der Waals surface area contributed by atoms with Gasteiger partial charge in [0.25, 0.3) is 8.32 Å². The van der Waals surface area contributed by atoms with Crippen LogP contribution in [0, 0.1) is 0 Å². The first kappa shape index (κ1) is 28.4. The lowest BCUT2D eigenvalue weighted by molar-refractivity contribution is -0.148. The van der Waals surface area contributed by atoms with Crippen molar-refractivity contribution in [1.29, 1.82) is 0 Å². The Balaban J connectivity index is 2.02. The van der Waals surface area contributed by atoms with E-state index < -0.39 is 37.9 Å². The van der Waals surface area contributed by atoms with Crippen LogP contribution in [0.4, 0.5) is 4.79 Å². The molecule has 0 bridgehead atoms. The summed E-state index contributed by atoms with van der Waals surface area (Å²) in [5.41, 5.74) is -0.620. The van der Waals surface area contributed by atoms with Gasteiger partial charge in [0.2, 0.25) is 0 Å². The van der Waals surface area contributed by atoms with Gasteiger partial charge in [-0.2, -0.15) is 0 Å². The lowest BCUT2D eigenvalue weighted by atomic mass is 10.1. The minimum Gasteiger partial charge on any atom is -0.444 e. The van der Waals surface area contributed by atoms with Crippen LogP contribution >= 0.6 is 0 Å². The van der Waals surface area contributed by atoms with E-state index in [0.29, 0.717) is 0 Å². The third-order valence-electron chi connectivity index (χ3n) is 6.35. The number of hydrogen-bond acceptors (Lipinski definition) is 5. The maximum atomic E-state index is 12.9. The van der Waals surface area contributed by atoms with Crippen molar-refractivity contribution in [1.82, 2.24) is 5.32 Å². The summed E-state index contributed by atoms with van der Waals surface area (Å²) in [6, 6.07) is 20.4. The number of alkyl carbamates (subject to hydrolysis) is 1. The largest absolute Gasteiger partial charge is 0.444 e. The molecule has 1 aliphatic heterocycles. The van der Waals surface area contributed by atoms with E-state index >= 15 is 0 Å². The van der Waals surface area contributed by atoms with E-state index in [1.54, 1.807) is 0 Å². The molecule has 0 spiro atoms. The number of benzene rings is 2. The van der Waals surface area contributed by atoms with Gasteiger partial charge in [-0.05, 0) is 57.0 Å². The first-order chi connectivity index (χ1) is 16.6. The number of carbonyl (C=O) groups excluding carboxylic acids is 1. The van der Waals surface area contributed by atoms with Gasteiger partial charge in [0.05, 0.1) is 18.8 Å². The second kappa shape index (κ2) is 10.7. The molecule has 0 aromatic heterocycles. The molecule has 1 saturated heterocycles. The van der Waals surface area contributed by atoms with Crippen molar-refractivity contribution in [2.75, 3.05) is 6.61 Å². The van der Waals surface area contributed by atoms with E-state index in [1.807, 2.05) is 53.7 Å². The molecule has 6 nitrogen and oxygen atoms in total. The molecule has 1 aliphatic rings. The minimum atomic E-state index is -2.81. The summed E-state index contributed by atoms with van der Waals surface area (Å²) in [5, 5.41) is 5.21. The summed E-state index contributed by atoms with van der Waals surface area (Å²) in [6.45, 7) is 18.2. The van der Waals surface area contributed by atoms with Gasteiger partial charge < -0.3 is 24.0 Å². The third-order valence-corrected chi connectivity index (χ3v) is 11.4. The Hall–Kier alpha value is -2.19. The van der Waals surface area contributed by atoms with Gasteiger partial charge in [-0.25, -0.2) is 4.79 Å². The number of ether oxygens (including phenoxy) is 3. The van der Waals surface area contributed by atoms with Crippen LogP contribution in [0.3, 0.4) is 0 Å². The molecule has 1 N–H and O–H groups in total. The molecule has 198 valence electrons. The zero-order valence-electron chi connectivity index (χ0n) is 23.3. The summed E-state index contributed by atoms with van der Waals surface area (Å²) >= 11 is 0. The van der Waals surface area contributed by atoms with Crippen LogP contribution in [0.1, 0.15) is 62.3 Å². The van der Waals surface area contributed by atoms with Crippen LogP contribution in [-0.4, -0.2) is 50.7 Å². The van der Waals surface area contributed by atoms with Crippen molar-refractivity contribution in [3.63, 3.8) is 0 Å². The average molecular weight is 514 g/mol. The predicted molar refractivity (Wildman–Crippen MR) is 146 cm³/mol. The molecule has 3 rings (SSSR count). The summed E-state index contributed by atoms with van der Waals surface area (Å²) in [4.78, 5) is 12.9. The van der Waals surface area contributed by atoms with Gasteiger partial charge in [-0.3, -0.25) is 0 Å². The molecule has 36 heavy (non-hydrogen) atoms. The number of nitrogens with one attached hydrogen (secondary N) is 1. The SMILES string of the molecule is C[C@H]1OC(C)(C)O[C@H]1[C@H](CO[Si](c1ccccc1)(c1ccccc1)C(C)(C)C)NC(=O)OC(C)(C)C. The second-order valence-electron chi connectivity index (χ2n) is 12.0. The van der Waals surface area contributed by atoms with Gasteiger partial charge in [0, 0.05) is 0 Å². The summed E-state index contributed by atoms with van der Waals surface area (Å²) in [7, 11) is -2.81. The number of rotatable bonds is 7. The Morgan fingerprint density at radius 2 is 1.44 bits per heavy atom. The molecule has 7 heteroatoms. The van der Waals surface area contributed by atoms with E-state index in [1.165, 1.54) is 10.4 Å². The molecule has 1 heterocycles. The van der Waals surface area contributed by atoms with E-state index in [4.69, 9.17) is 18.6 Å². The van der Waals surface area contributed by atoms with Crippen LogP contribution in [-0.2, 0) is 18.6 Å². The Bertz CT molecular complexity index is 958. The summed E-state index contributed by atoms with van der Waals surface area (Å²) in [6.07, 6.45) is -1.13. The van der Waals surface area contributed by atoms with E-state index in [-0.39, 0.29) is 17.7 Å². The lowest BCUT2D eigenvalue weighted by Crippen LogP contribution is -2.68. The van der Waals surface area contributed by atoms with Gasteiger partial charge in [-0.15, -0.1) is 0 Å². The van der Waals surface area contributed by atoms with Crippen LogP contribution in [0.5, 0.6) is 0 Å². The number of hydrogen-bond donors (Lipinski definition) is 1. The standard InChI is InChI=1S/C29H43NO5Si/c1-21-25(34-29(8,9)33-21)24(30-26(31)35-27(2,3)4)20-32-36(28(5,6)7,22-16-12-10-13-17-22)23-18-14-11-15-19-23/h10-19,21,24-25H,20H2,1-9H3,(H,30,31)/t21-,24+,25-/m1/s1. The fourth-order valence-corrected chi connectivity index (χ4v) is 9.61. The van der Waals surface area contributed by atoms with E-state index in [9.17, 15) is 4.79 Å². The highest BCUT2D eigenvalue weighted by Crippen LogP contribution is 2.37. The maximum Gasteiger partial charge on any atom is 0.408 e. The zero-order valence-corrected chi connectivity index (χ0v) is 24.3. The average Bonchev–Trinajstić information content (AvgIpc) is 3.04. The molecule has 0 unspecified atom stereocenters. The molecule has 2 aromatic carbocycles. The summed E-state index contributed by atoms with van der Waals surface area (Å²) in [5.74, 6) is -0.755. The monoisotopic (exact) mass is 513 g/mol. The first-order valence-electron chi connectivity index (χ1n) is 12.7. The zero-order chi connectivity index (χ0) is 26.8. The highest BCUT2D eigenvalue weighted by Gasteiger charge is 2.52. The minimum absolute atomic E-state index is 0.190. The topological polar surface area (TPSA) is 66.0 Å². The molecular weight excluding hydrogens is 470 g/mol. The Labute approximate surface area is 217 Å². The van der Waals surface area contributed by atoms with Crippen molar-refractivity contribution < 1.29 is 23.4 Å². The second-order valence-corrected chi connectivity index (χ2v) is 16.3. The Morgan fingerprint density at radius 3 is 1.83 bits per heavy atom. The number of amides is 1. The molecule has 3 atom stereocenters. The van der Waals surface area contributed by atoms with Crippen LogP contribution in [0.15, 0.2) is 60.7 Å². The van der Waals surface area contributed by atoms with Crippen LogP contribution in [0.2, 0.25) is 5.04 Å². The summed E-state index contributed by atoms with van der Waals surface area (Å²) < 4.78 is 25.0. The first-order valence-corrected chi connectivity index (χ1v) is 14.7. The molecular formula is C29H43NO5Si. The van der Waals surface area contributed by atoms with Gasteiger partial charge >= 0.3 is 6.09 Å². The Kier molecular flexibility index (Phi) is 8.40. The molecule has 2 aromatic rings. The van der Waals surface area contributed by atoms with Crippen molar-refractivity contribution in [2.45, 2.75) is 97.0 Å². The van der Waals surface area contributed by atoms with E-state index in [0.717, 1.165) is 0 Å². The lowest BCUT2D eigenvalue weighted by Gasteiger charge is -2.44. The third kappa shape index (κ3) is 6.57. The van der Waals surface area contributed by atoms with Gasteiger partial charge in [0.1, 0.15) is 11.7 Å². The van der Waals surface area contributed by atoms with Gasteiger partial charge in [0.15, 0.2) is 5.79 Å². The molecule has 0 radical (unpaired) electrons. The maximum absolute atomic E-state index is 12.9. The van der Waals surface area contributed by atoms with Crippen molar-refractivity contribution >= 4 is 24.8 Å². The Morgan fingerprint density at radius 1 is 0.944 bits per heavy atom. The molecule has 0 saturated carbocycles. The van der Waals surface area contributed by atoms with Gasteiger partial charge in [-0.1, -0.05) is 81.4 Å². The molecule has 0 aliphatic carbocycles. The highest BCUT2D eigenvalue weighted by atomic mass is 28.4. The van der Waals surface area contributed by atoms with E-state index in [2.05, 4.69) is 74.6 Å². The smallest absolute Gasteiger partial charge is 0.408 e. The van der Waals surface area contributed by atoms with Crippen molar-refractivity contribution in [2.24, 2.45) is 0 Å². The number of carbonyl (C=O) groups is 1. The predicted octanol–water partition coefficient (Wildman–Crippen LogP) is 5.00. The fraction of sp³-hybridized carbons (Fsp3) is 0.552.